The zero-order valence-corrected chi connectivity index (χ0v) is 31.5. The maximum absolute atomic E-state index is 13.6. The number of fused-ring (bicyclic) bond motifs is 1. The Bertz CT molecular complexity index is 1940. The van der Waals surface area contributed by atoms with Gasteiger partial charge in [-0.05, 0) is 42.0 Å². The molecule has 0 spiro atoms. The molecule has 4 aromatic carbocycles. The predicted molar refractivity (Wildman–Crippen MR) is 200 cm³/mol. The van der Waals surface area contributed by atoms with E-state index in [1.807, 2.05) is 60.7 Å². The molecule has 3 N–H and O–H groups in total. The first-order chi connectivity index (χ1) is 27.6. The lowest BCUT2D eigenvalue weighted by atomic mass is 9.94. The molecule has 3 unspecified atom stereocenters. The van der Waals surface area contributed by atoms with Gasteiger partial charge in [-0.1, -0.05) is 90.5 Å². The molecule has 1 amide bonds. The average Bonchev–Trinajstić information content (AvgIpc) is 3.23. The van der Waals surface area contributed by atoms with Gasteiger partial charge in [-0.15, -0.1) is 0 Å². The standard InChI is InChI=1S/C42H42ClNO13/c1-24(45)44-32-36(50-21-25-11-5-2-6-12-25)35(31(53-40(32)49)22-51-38(47)26-13-7-3-8-14-26)57-42-37(55-39(48)27-17-19-29(43)20-18-27)33(46)34-30(54-42)23-52-41(56-34)28-15-9-4-10-16-28/h2-20,30-37,40-42,46,49H,21-23H2,1H3,(H,44,45)/t30-,31-,32-,33+,34+,35-,36-,37-,40?,41?,42?/m1/s1. The first-order valence-corrected chi connectivity index (χ1v) is 18.8. The van der Waals surface area contributed by atoms with Gasteiger partial charge in [-0.3, -0.25) is 4.79 Å². The highest BCUT2D eigenvalue weighted by Gasteiger charge is 2.55. The van der Waals surface area contributed by atoms with E-state index in [0.29, 0.717) is 10.6 Å². The summed E-state index contributed by atoms with van der Waals surface area (Å²) in [4.78, 5) is 39.2. The molecular weight excluding hydrogens is 762 g/mol. The van der Waals surface area contributed by atoms with Crippen molar-refractivity contribution in [3.8, 4) is 0 Å². The number of hydrogen-bond acceptors (Lipinski definition) is 13. The van der Waals surface area contributed by atoms with E-state index in [4.69, 9.17) is 49.5 Å². The third-order valence-corrected chi connectivity index (χ3v) is 9.96. The summed E-state index contributed by atoms with van der Waals surface area (Å²) in [5.74, 6) is -2.01. The molecule has 3 fully saturated rings. The Balaban J connectivity index is 1.22. The smallest absolute Gasteiger partial charge is 0.338 e. The number of aliphatic hydroxyl groups is 2. The van der Waals surface area contributed by atoms with Crippen molar-refractivity contribution in [1.29, 1.82) is 0 Å². The molecule has 300 valence electrons. The highest BCUT2D eigenvalue weighted by atomic mass is 35.5. The van der Waals surface area contributed by atoms with Crippen molar-refractivity contribution < 1.29 is 62.5 Å². The first kappa shape index (κ1) is 40.5. The number of benzene rings is 4. The molecule has 57 heavy (non-hydrogen) atoms. The van der Waals surface area contributed by atoms with Gasteiger partial charge in [0.15, 0.2) is 25.0 Å². The van der Waals surface area contributed by atoms with Crippen molar-refractivity contribution in [2.45, 2.75) is 81.2 Å². The van der Waals surface area contributed by atoms with Crippen LogP contribution >= 0.6 is 11.6 Å². The topological polar surface area (TPSA) is 178 Å². The molecule has 4 aromatic rings. The molecule has 3 heterocycles. The predicted octanol–water partition coefficient (Wildman–Crippen LogP) is 4.11. The van der Waals surface area contributed by atoms with Crippen LogP contribution in [0.25, 0.3) is 0 Å². The van der Waals surface area contributed by atoms with Gasteiger partial charge in [-0.2, -0.15) is 0 Å². The van der Waals surface area contributed by atoms with E-state index >= 15 is 0 Å². The molecular formula is C42H42ClNO13. The number of ether oxygens (including phenoxy) is 8. The molecule has 0 bridgehead atoms. The fraction of sp³-hybridized carbons (Fsp3) is 0.357. The fourth-order valence-corrected chi connectivity index (χ4v) is 7.03. The fourth-order valence-electron chi connectivity index (χ4n) is 6.90. The molecule has 3 aliphatic heterocycles. The molecule has 0 radical (unpaired) electrons. The van der Waals surface area contributed by atoms with E-state index in [-0.39, 0.29) is 24.3 Å². The van der Waals surface area contributed by atoms with Crippen LogP contribution in [0.1, 0.15) is 45.1 Å². The summed E-state index contributed by atoms with van der Waals surface area (Å²) in [5.41, 5.74) is 1.86. The number of esters is 2. The molecule has 14 nitrogen and oxygen atoms in total. The van der Waals surface area contributed by atoms with E-state index in [1.165, 1.54) is 31.2 Å². The molecule has 15 heteroatoms. The van der Waals surface area contributed by atoms with Gasteiger partial charge in [0.2, 0.25) is 5.91 Å². The second kappa shape index (κ2) is 18.7. The van der Waals surface area contributed by atoms with Crippen LogP contribution in [-0.4, -0.2) is 103 Å². The van der Waals surface area contributed by atoms with E-state index < -0.39 is 92.1 Å². The molecule has 11 atom stereocenters. The van der Waals surface area contributed by atoms with Crippen LogP contribution in [0, 0.1) is 0 Å². The van der Waals surface area contributed by atoms with Crippen molar-refractivity contribution in [2.24, 2.45) is 0 Å². The van der Waals surface area contributed by atoms with E-state index in [9.17, 15) is 24.6 Å². The zero-order valence-electron chi connectivity index (χ0n) is 30.7. The summed E-state index contributed by atoms with van der Waals surface area (Å²) in [6.45, 7) is 0.777. The lowest BCUT2D eigenvalue weighted by Gasteiger charge is -2.50. The molecule has 3 aliphatic rings. The second-order valence-electron chi connectivity index (χ2n) is 13.7. The Morgan fingerprint density at radius 2 is 1.42 bits per heavy atom. The van der Waals surface area contributed by atoms with Gasteiger partial charge in [0, 0.05) is 17.5 Å². The molecule has 0 saturated carbocycles. The summed E-state index contributed by atoms with van der Waals surface area (Å²) < 4.78 is 49.3. The minimum atomic E-state index is -1.65. The average molecular weight is 804 g/mol. The molecule has 0 aliphatic carbocycles. The summed E-state index contributed by atoms with van der Waals surface area (Å²) in [5, 5.41) is 26.4. The summed E-state index contributed by atoms with van der Waals surface area (Å²) in [6, 6.07) is 31.3. The van der Waals surface area contributed by atoms with Gasteiger partial charge >= 0.3 is 11.9 Å². The Morgan fingerprint density at radius 3 is 2.11 bits per heavy atom. The first-order valence-electron chi connectivity index (χ1n) is 18.4. The highest BCUT2D eigenvalue weighted by molar-refractivity contribution is 6.30. The molecule has 0 aromatic heterocycles. The normalized spacial score (nSPS) is 29.7. The van der Waals surface area contributed by atoms with Crippen molar-refractivity contribution in [3.05, 3.63) is 143 Å². The van der Waals surface area contributed by atoms with Crippen LogP contribution in [0.5, 0.6) is 0 Å². The maximum Gasteiger partial charge on any atom is 0.338 e. The minimum Gasteiger partial charge on any atom is -0.459 e. The summed E-state index contributed by atoms with van der Waals surface area (Å²) >= 11 is 6.07. The van der Waals surface area contributed by atoms with Crippen molar-refractivity contribution in [3.63, 3.8) is 0 Å². The van der Waals surface area contributed by atoms with Crippen LogP contribution in [0.4, 0.5) is 0 Å². The van der Waals surface area contributed by atoms with Gasteiger partial charge in [-0.25, -0.2) is 9.59 Å². The SMILES string of the molecule is CC(=O)N[C@H]1C(O)O[C@H](COC(=O)c2ccccc2)[C@@H](OC2O[C@@H]3COC(c4ccccc4)O[C@@H]3[C@H](O)[C@H]2OC(=O)c2ccc(Cl)cc2)[C@@H]1OCc1ccccc1. The Labute approximate surface area is 333 Å². The number of rotatable bonds is 12. The van der Waals surface area contributed by atoms with E-state index in [0.717, 1.165) is 5.56 Å². The number of nitrogens with one attached hydrogen (secondary N) is 1. The van der Waals surface area contributed by atoms with Gasteiger partial charge < -0.3 is 53.4 Å². The Morgan fingerprint density at radius 1 is 0.772 bits per heavy atom. The second-order valence-corrected chi connectivity index (χ2v) is 14.1. The lowest BCUT2D eigenvalue weighted by Crippen LogP contribution is -2.68. The molecule has 7 rings (SSSR count). The van der Waals surface area contributed by atoms with Crippen LogP contribution in [0.3, 0.4) is 0 Å². The quantitative estimate of drug-likeness (QED) is 0.175. The largest absolute Gasteiger partial charge is 0.459 e. The van der Waals surface area contributed by atoms with E-state index in [2.05, 4.69) is 5.32 Å². The highest BCUT2D eigenvalue weighted by Crippen LogP contribution is 2.38. The number of amides is 1. The number of carbonyl (C=O) groups is 3. The van der Waals surface area contributed by atoms with Gasteiger partial charge in [0.1, 0.15) is 49.3 Å². The van der Waals surface area contributed by atoms with Crippen LogP contribution < -0.4 is 5.32 Å². The van der Waals surface area contributed by atoms with E-state index in [1.54, 1.807) is 30.3 Å². The molecule has 3 saturated heterocycles. The number of carbonyl (C=O) groups excluding carboxylic acids is 3. The number of hydrogen-bond donors (Lipinski definition) is 3. The number of halogens is 1. The Kier molecular flexibility index (Phi) is 13.3. The third kappa shape index (κ3) is 9.87. The van der Waals surface area contributed by atoms with Gasteiger partial charge in [0.05, 0.1) is 24.3 Å². The van der Waals surface area contributed by atoms with Crippen molar-refractivity contribution in [1.82, 2.24) is 5.32 Å². The monoisotopic (exact) mass is 803 g/mol. The van der Waals surface area contributed by atoms with Crippen LogP contribution in [0.15, 0.2) is 115 Å². The minimum absolute atomic E-state index is 0.00107. The Hall–Kier alpha value is -4.74. The van der Waals surface area contributed by atoms with Crippen molar-refractivity contribution >= 4 is 29.4 Å². The lowest BCUT2D eigenvalue weighted by molar-refractivity contribution is -0.380. The maximum atomic E-state index is 13.6. The third-order valence-electron chi connectivity index (χ3n) is 9.70. The van der Waals surface area contributed by atoms with Gasteiger partial charge in [0.25, 0.3) is 0 Å². The summed E-state index contributed by atoms with van der Waals surface area (Å²) in [6.07, 6.45) is -12.8. The number of aliphatic hydroxyl groups excluding tert-OH is 2. The summed E-state index contributed by atoms with van der Waals surface area (Å²) in [7, 11) is 0. The van der Waals surface area contributed by atoms with Crippen LogP contribution in [0.2, 0.25) is 5.02 Å². The van der Waals surface area contributed by atoms with Crippen molar-refractivity contribution in [2.75, 3.05) is 13.2 Å². The zero-order chi connectivity index (χ0) is 39.9. The van der Waals surface area contributed by atoms with Crippen LogP contribution in [-0.2, 0) is 49.3 Å².